The van der Waals surface area contributed by atoms with Gasteiger partial charge in [0.15, 0.2) is 11.6 Å². The Hall–Kier alpha value is -1.20. The van der Waals surface area contributed by atoms with Gasteiger partial charge in [-0.25, -0.2) is 9.37 Å². The average Bonchev–Trinajstić information content (AvgIpc) is 2.33. The van der Waals surface area contributed by atoms with E-state index in [1.165, 1.54) is 18.2 Å². The molecule has 0 saturated carbocycles. The van der Waals surface area contributed by atoms with E-state index in [1.54, 1.807) is 6.07 Å². The van der Waals surface area contributed by atoms with Crippen LogP contribution in [0.4, 0.5) is 4.39 Å². The summed E-state index contributed by atoms with van der Waals surface area (Å²) in [6.45, 7) is 1.90. The average molecular weight is 332 g/mol. The van der Waals surface area contributed by atoms with Crippen LogP contribution in [0.15, 0.2) is 28.7 Å². The molecule has 0 aliphatic heterocycles. The van der Waals surface area contributed by atoms with Crippen molar-refractivity contribution in [2.45, 2.75) is 13.3 Å². The fourth-order valence-corrected chi connectivity index (χ4v) is 1.85. The lowest BCUT2D eigenvalue weighted by Crippen LogP contribution is -1.97. The first-order valence-corrected chi connectivity index (χ1v) is 6.42. The monoisotopic (exact) mass is 330 g/mol. The van der Waals surface area contributed by atoms with Crippen molar-refractivity contribution in [2.75, 3.05) is 0 Å². The fraction of sp³-hybridized carbons (Fsp3) is 0.167. The van der Waals surface area contributed by atoms with Gasteiger partial charge < -0.3 is 4.74 Å². The molecular weight excluding hydrogens is 323 g/mol. The molecule has 0 unspecified atom stereocenters. The Labute approximate surface area is 117 Å². The Balaban J connectivity index is 2.33. The zero-order chi connectivity index (χ0) is 13.1. The van der Waals surface area contributed by atoms with Crippen LogP contribution in [0.3, 0.4) is 0 Å². The second kappa shape index (κ2) is 5.63. The maximum Gasteiger partial charge on any atom is 0.224 e. The van der Waals surface area contributed by atoms with Crippen LogP contribution in [0, 0.1) is 5.82 Å². The van der Waals surface area contributed by atoms with Crippen molar-refractivity contribution in [3.05, 3.63) is 45.5 Å². The van der Waals surface area contributed by atoms with Gasteiger partial charge >= 0.3 is 0 Å². The molecule has 0 spiro atoms. The van der Waals surface area contributed by atoms with Crippen LogP contribution in [0.5, 0.6) is 11.6 Å². The van der Waals surface area contributed by atoms with Crippen molar-refractivity contribution in [3.8, 4) is 11.6 Å². The predicted molar refractivity (Wildman–Crippen MR) is 70.6 cm³/mol. The van der Waals surface area contributed by atoms with Crippen LogP contribution >= 0.6 is 27.5 Å². The second-order valence-electron chi connectivity index (χ2n) is 3.48. The summed E-state index contributed by atoms with van der Waals surface area (Å²) >= 11 is 9.08. The summed E-state index contributed by atoms with van der Waals surface area (Å²) in [6, 6.07) is 5.87. The molecule has 1 heterocycles. The normalized spacial score (nSPS) is 10.4. The van der Waals surface area contributed by atoms with Crippen molar-refractivity contribution in [1.82, 2.24) is 9.97 Å². The minimum absolute atomic E-state index is 0.0844. The number of nitrogens with zero attached hydrogens (tertiary/aromatic N) is 2. The third-order valence-corrected chi connectivity index (χ3v) is 2.83. The Kier molecular flexibility index (Phi) is 4.14. The van der Waals surface area contributed by atoms with E-state index in [1.807, 2.05) is 6.92 Å². The van der Waals surface area contributed by atoms with E-state index in [0.29, 0.717) is 12.2 Å². The van der Waals surface area contributed by atoms with Gasteiger partial charge in [-0.05, 0) is 18.2 Å². The molecule has 6 heteroatoms. The third-order valence-electron chi connectivity index (χ3n) is 2.14. The van der Waals surface area contributed by atoms with Gasteiger partial charge in [0.1, 0.15) is 11.0 Å². The lowest BCUT2D eigenvalue weighted by atomic mass is 10.3. The van der Waals surface area contributed by atoms with Gasteiger partial charge in [-0.15, -0.1) is 0 Å². The van der Waals surface area contributed by atoms with E-state index >= 15 is 0 Å². The number of benzene rings is 1. The molecule has 0 amide bonds. The first-order valence-electron chi connectivity index (χ1n) is 5.25. The first-order chi connectivity index (χ1) is 8.58. The molecule has 0 atom stereocenters. The topological polar surface area (TPSA) is 35.0 Å². The SMILES string of the molecule is CCc1nc(Cl)cc(Oc2cc(Br)ccc2F)n1. The summed E-state index contributed by atoms with van der Waals surface area (Å²) in [5.74, 6) is 0.393. The summed E-state index contributed by atoms with van der Waals surface area (Å²) < 4.78 is 19.6. The molecule has 2 rings (SSSR count). The Morgan fingerprint density at radius 3 is 2.83 bits per heavy atom. The van der Waals surface area contributed by atoms with Crippen LogP contribution in [-0.4, -0.2) is 9.97 Å². The first kappa shape index (κ1) is 13.2. The molecule has 94 valence electrons. The van der Waals surface area contributed by atoms with Gasteiger partial charge in [-0.3, -0.25) is 0 Å². The highest BCUT2D eigenvalue weighted by Crippen LogP contribution is 2.27. The zero-order valence-electron chi connectivity index (χ0n) is 9.45. The number of hydrogen-bond donors (Lipinski definition) is 0. The number of halogens is 3. The van der Waals surface area contributed by atoms with E-state index in [0.717, 1.165) is 4.47 Å². The number of aryl methyl sites for hydroxylation is 1. The highest BCUT2D eigenvalue weighted by Gasteiger charge is 2.08. The van der Waals surface area contributed by atoms with E-state index < -0.39 is 5.82 Å². The van der Waals surface area contributed by atoms with Crippen molar-refractivity contribution in [2.24, 2.45) is 0 Å². The largest absolute Gasteiger partial charge is 0.436 e. The van der Waals surface area contributed by atoms with Crippen molar-refractivity contribution in [3.63, 3.8) is 0 Å². The fourth-order valence-electron chi connectivity index (χ4n) is 1.32. The Bertz CT molecular complexity index is 580. The maximum atomic E-state index is 13.5. The molecule has 3 nitrogen and oxygen atoms in total. The second-order valence-corrected chi connectivity index (χ2v) is 4.78. The maximum absolute atomic E-state index is 13.5. The lowest BCUT2D eigenvalue weighted by molar-refractivity contribution is 0.424. The van der Waals surface area contributed by atoms with Crippen molar-refractivity contribution in [1.29, 1.82) is 0 Å². The van der Waals surface area contributed by atoms with Gasteiger partial charge in [0.05, 0.1) is 0 Å². The van der Waals surface area contributed by atoms with Crippen LogP contribution < -0.4 is 4.74 Å². The van der Waals surface area contributed by atoms with Crippen LogP contribution in [0.1, 0.15) is 12.7 Å². The van der Waals surface area contributed by atoms with E-state index in [4.69, 9.17) is 16.3 Å². The summed E-state index contributed by atoms with van der Waals surface area (Å²) in [7, 11) is 0. The molecule has 0 N–H and O–H groups in total. The highest BCUT2D eigenvalue weighted by molar-refractivity contribution is 9.10. The summed E-state index contributed by atoms with van der Waals surface area (Å²) in [5.41, 5.74) is 0. The Morgan fingerprint density at radius 1 is 1.33 bits per heavy atom. The Morgan fingerprint density at radius 2 is 2.11 bits per heavy atom. The van der Waals surface area contributed by atoms with Gasteiger partial charge in [-0.2, -0.15) is 4.98 Å². The molecule has 1 aromatic carbocycles. The molecule has 0 bridgehead atoms. The molecule has 0 fully saturated rings. The smallest absolute Gasteiger partial charge is 0.224 e. The number of rotatable bonds is 3. The lowest BCUT2D eigenvalue weighted by Gasteiger charge is -2.07. The molecule has 18 heavy (non-hydrogen) atoms. The summed E-state index contributed by atoms with van der Waals surface area (Å²) in [6.07, 6.45) is 0.623. The standard InChI is InChI=1S/C12H9BrClFN2O/c1-2-11-16-10(14)6-12(17-11)18-9-5-7(13)3-4-8(9)15/h3-6H,2H2,1H3. The van der Waals surface area contributed by atoms with Gasteiger partial charge in [-0.1, -0.05) is 34.5 Å². The molecule has 0 saturated heterocycles. The summed E-state index contributed by atoms with van der Waals surface area (Å²) in [4.78, 5) is 8.12. The number of hydrogen-bond acceptors (Lipinski definition) is 3. The molecular formula is C12H9BrClFN2O. The molecule has 0 aliphatic carbocycles. The zero-order valence-corrected chi connectivity index (χ0v) is 11.8. The number of aromatic nitrogens is 2. The van der Waals surface area contributed by atoms with Gasteiger partial charge in [0, 0.05) is 17.0 Å². The molecule has 1 aromatic heterocycles. The van der Waals surface area contributed by atoms with E-state index in [2.05, 4.69) is 25.9 Å². The number of ether oxygens (including phenoxy) is 1. The summed E-state index contributed by atoms with van der Waals surface area (Å²) in [5, 5.41) is 0.271. The minimum Gasteiger partial charge on any atom is -0.436 e. The predicted octanol–water partition coefficient (Wildman–Crippen LogP) is 4.39. The van der Waals surface area contributed by atoms with Crippen LogP contribution in [0.2, 0.25) is 5.15 Å². The van der Waals surface area contributed by atoms with Crippen LogP contribution in [-0.2, 0) is 6.42 Å². The van der Waals surface area contributed by atoms with Crippen molar-refractivity contribution >= 4 is 27.5 Å². The third kappa shape index (κ3) is 3.17. The van der Waals surface area contributed by atoms with Crippen molar-refractivity contribution < 1.29 is 9.13 Å². The molecule has 0 aliphatic rings. The van der Waals surface area contributed by atoms with E-state index in [-0.39, 0.29) is 16.8 Å². The molecule has 0 radical (unpaired) electrons. The van der Waals surface area contributed by atoms with E-state index in [9.17, 15) is 4.39 Å². The highest BCUT2D eigenvalue weighted by atomic mass is 79.9. The quantitative estimate of drug-likeness (QED) is 0.783. The van der Waals surface area contributed by atoms with Gasteiger partial charge in [0.25, 0.3) is 0 Å². The minimum atomic E-state index is -0.467. The molecule has 2 aromatic rings. The van der Waals surface area contributed by atoms with Gasteiger partial charge in [0.2, 0.25) is 5.88 Å². The van der Waals surface area contributed by atoms with Crippen LogP contribution in [0.25, 0.3) is 0 Å².